The topological polar surface area (TPSA) is 138 Å². The molecule has 2 aromatic rings. The van der Waals surface area contributed by atoms with Crippen molar-refractivity contribution in [3.05, 3.63) is 81.7 Å². The average Bonchev–Trinajstić information content (AvgIpc) is 3.61. The molecule has 4 atom stereocenters. The van der Waals surface area contributed by atoms with Crippen LogP contribution < -0.4 is 0 Å². The first-order chi connectivity index (χ1) is 20.0. The van der Waals surface area contributed by atoms with Gasteiger partial charge in [0.2, 0.25) is 0 Å². The van der Waals surface area contributed by atoms with Gasteiger partial charge < -0.3 is 19.8 Å². The van der Waals surface area contributed by atoms with E-state index in [4.69, 9.17) is 14.7 Å². The average molecular weight is 567 g/mol. The fourth-order valence-corrected chi connectivity index (χ4v) is 6.86. The van der Waals surface area contributed by atoms with E-state index in [-0.39, 0.29) is 42.1 Å². The van der Waals surface area contributed by atoms with Crippen LogP contribution >= 0.6 is 0 Å². The Morgan fingerprint density at radius 3 is 2.43 bits per heavy atom. The number of allylic oxidation sites excluding steroid dienone is 3. The van der Waals surface area contributed by atoms with Crippen LogP contribution in [0.3, 0.4) is 0 Å². The molecule has 3 N–H and O–H groups in total. The highest BCUT2D eigenvalue weighted by atomic mass is 16.6. The fourth-order valence-electron chi connectivity index (χ4n) is 6.86. The molecule has 216 valence electrons. The van der Waals surface area contributed by atoms with Gasteiger partial charge in [-0.15, -0.1) is 0 Å². The van der Waals surface area contributed by atoms with Gasteiger partial charge in [0.15, 0.2) is 0 Å². The number of carboxylic acids is 1. The first kappa shape index (κ1) is 27.6. The van der Waals surface area contributed by atoms with Crippen molar-refractivity contribution in [3.63, 3.8) is 0 Å². The van der Waals surface area contributed by atoms with Gasteiger partial charge in [0.25, 0.3) is 0 Å². The Balaban J connectivity index is 1.78. The number of aromatic nitrogens is 4. The Kier molecular flexibility index (Phi) is 6.63. The number of carboxylic acid groups (broad SMARTS) is 1. The molecule has 4 aliphatic rings. The van der Waals surface area contributed by atoms with Crippen LogP contribution in [0.2, 0.25) is 0 Å². The fraction of sp³-hybridized carbons (Fsp3) is 0.364. The normalized spacial score (nSPS) is 22.2. The summed E-state index contributed by atoms with van der Waals surface area (Å²) in [5, 5.41) is 9.50. The molecule has 9 nitrogen and oxygen atoms in total. The van der Waals surface area contributed by atoms with E-state index in [2.05, 4.69) is 36.5 Å². The number of hydrogen-bond donors (Lipinski definition) is 3. The van der Waals surface area contributed by atoms with Crippen molar-refractivity contribution in [2.75, 3.05) is 0 Å². The monoisotopic (exact) mass is 566 g/mol. The van der Waals surface area contributed by atoms with Crippen molar-refractivity contribution in [3.8, 4) is 0 Å². The van der Waals surface area contributed by atoms with Gasteiger partial charge in [-0.05, 0) is 56.0 Å². The lowest BCUT2D eigenvalue weighted by atomic mass is 9.85. The Bertz CT molecular complexity index is 1810. The molecule has 2 unspecified atom stereocenters. The molecule has 0 spiro atoms. The van der Waals surface area contributed by atoms with Crippen molar-refractivity contribution in [1.82, 2.24) is 19.9 Å². The molecule has 0 amide bonds. The third kappa shape index (κ3) is 4.18. The summed E-state index contributed by atoms with van der Waals surface area (Å²) in [7, 11) is 0. The number of nitrogens with zero attached hydrogens (tertiary/aromatic N) is 2. The Morgan fingerprint density at radius 1 is 1.00 bits per heavy atom. The highest BCUT2D eigenvalue weighted by molar-refractivity contribution is 6.18. The molecule has 4 aliphatic heterocycles. The van der Waals surface area contributed by atoms with Crippen LogP contribution in [0.4, 0.5) is 0 Å². The number of nitrogens with one attached hydrogen (secondary N) is 2. The highest BCUT2D eigenvalue weighted by Crippen LogP contribution is 2.45. The van der Waals surface area contributed by atoms with Crippen molar-refractivity contribution in [2.24, 2.45) is 0 Å². The summed E-state index contributed by atoms with van der Waals surface area (Å²) in [6, 6.07) is 6.01. The summed E-state index contributed by atoms with van der Waals surface area (Å²) in [5.41, 5.74) is 8.83. The molecular formula is C33H34N4O5. The SMILES string of the molecule is C=CC1=C(C)c2cc3nc(c4c5[nH]c(cc6[nH]c(cc1n2)C(C)C6CC)c(C)c5C(=O)OC4=O)[C@H](CCC(=O)O)[C@H]3C. The Labute approximate surface area is 243 Å². The summed E-state index contributed by atoms with van der Waals surface area (Å²) in [6.07, 6.45) is 2.89. The first-order valence-electron chi connectivity index (χ1n) is 14.4. The standard InChI is InChI=1S/C33H34N4O5/c1-7-18-14(3)21-11-23-16(5)20(9-10-27(38)39)30(36-23)29-31-28(32(40)42-33(29)41)17(6)24(37-31)13-26-19(8-2)15(4)22(35-26)12-25(18)34-21/h7,11-13,15-16,19-20,35,37H,1,8-10H2,2-6H3,(H,38,39)/t15?,16-,19?,20-/m1/s1. The van der Waals surface area contributed by atoms with E-state index in [1.807, 2.05) is 39.0 Å². The van der Waals surface area contributed by atoms with Gasteiger partial charge in [-0.1, -0.05) is 33.4 Å². The molecule has 6 rings (SSSR count). The number of ether oxygens (including phenoxy) is 1. The van der Waals surface area contributed by atoms with E-state index in [1.165, 1.54) is 0 Å². The van der Waals surface area contributed by atoms with Crippen LogP contribution in [0.25, 0.3) is 22.2 Å². The molecule has 2 aromatic heterocycles. The molecule has 9 heteroatoms. The van der Waals surface area contributed by atoms with Crippen LogP contribution in [0.1, 0.15) is 131 Å². The number of carbonyl (C=O) groups excluding carboxylic acids is 2. The van der Waals surface area contributed by atoms with Gasteiger partial charge in [0, 0.05) is 58.3 Å². The van der Waals surface area contributed by atoms with Gasteiger partial charge in [0.05, 0.1) is 28.2 Å². The molecular weight excluding hydrogens is 532 g/mol. The van der Waals surface area contributed by atoms with E-state index in [9.17, 15) is 19.5 Å². The number of H-pyrrole nitrogens is 2. The van der Waals surface area contributed by atoms with Crippen LogP contribution in [-0.4, -0.2) is 43.0 Å². The van der Waals surface area contributed by atoms with E-state index in [0.717, 1.165) is 40.3 Å². The predicted octanol–water partition coefficient (Wildman–Crippen LogP) is 6.82. The van der Waals surface area contributed by atoms with Gasteiger partial charge in [0.1, 0.15) is 5.56 Å². The number of fused-ring (bicyclic) bond motifs is 8. The maximum atomic E-state index is 13.4. The number of esters is 2. The molecule has 0 fully saturated rings. The van der Waals surface area contributed by atoms with Gasteiger partial charge in [-0.25, -0.2) is 14.6 Å². The molecule has 0 aromatic carbocycles. The van der Waals surface area contributed by atoms with Gasteiger partial charge in [-0.3, -0.25) is 9.78 Å². The maximum absolute atomic E-state index is 13.4. The molecule has 0 radical (unpaired) electrons. The lowest BCUT2D eigenvalue weighted by molar-refractivity contribution is -0.137. The molecule has 8 bridgehead atoms. The number of hydrogen-bond acceptors (Lipinski definition) is 6. The van der Waals surface area contributed by atoms with Crippen molar-refractivity contribution in [1.29, 1.82) is 0 Å². The number of cyclic esters (lactones) is 2. The smallest absolute Gasteiger partial charge is 0.350 e. The van der Waals surface area contributed by atoms with E-state index >= 15 is 0 Å². The van der Waals surface area contributed by atoms with E-state index in [1.54, 1.807) is 0 Å². The number of aryl methyl sites for hydroxylation is 1. The molecule has 6 heterocycles. The number of rotatable bonds is 5. The summed E-state index contributed by atoms with van der Waals surface area (Å²) >= 11 is 0. The lowest BCUT2D eigenvalue weighted by Crippen LogP contribution is -2.21. The van der Waals surface area contributed by atoms with Crippen molar-refractivity contribution in [2.45, 2.75) is 77.6 Å². The third-order valence-corrected chi connectivity index (χ3v) is 9.34. The van der Waals surface area contributed by atoms with Crippen molar-refractivity contribution >= 4 is 40.1 Å². The Hall–Kier alpha value is -4.53. The summed E-state index contributed by atoms with van der Waals surface area (Å²) in [5.74, 6) is -2.61. The van der Waals surface area contributed by atoms with E-state index in [0.29, 0.717) is 33.5 Å². The number of carbonyl (C=O) groups is 3. The minimum atomic E-state index is -0.932. The summed E-state index contributed by atoms with van der Waals surface area (Å²) < 4.78 is 5.27. The summed E-state index contributed by atoms with van der Waals surface area (Å²) in [6.45, 7) is 14.2. The van der Waals surface area contributed by atoms with Crippen LogP contribution in [-0.2, 0) is 9.53 Å². The third-order valence-electron chi connectivity index (χ3n) is 9.34. The van der Waals surface area contributed by atoms with Crippen LogP contribution in [0.15, 0.2) is 30.9 Å². The zero-order valence-corrected chi connectivity index (χ0v) is 24.4. The predicted molar refractivity (Wildman–Crippen MR) is 159 cm³/mol. The summed E-state index contributed by atoms with van der Waals surface area (Å²) in [4.78, 5) is 54.9. The second kappa shape index (κ2) is 10.1. The minimum Gasteiger partial charge on any atom is -0.481 e. The van der Waals surface area contributed by atoms with E-state index < -0.39 is 17.9 Å². The van der Waals surface area contributed by atoms with Crippen molar-refractivity contribution < 1.29 is 24.2 Å². The Morgan fingerprint density at radius 2 is 1.74 bits per heavy atom. The highest BCUT2D eigenvalue weighted by Gasteiger charge is 2.39. The maximum Gasteiger partial charge on any atom is 0.350 e. The largest absolute Gasteiger partial charge is 0.481 e. The number of aliphatic carboxylic acids is 1. The molecule has 0 saturated carbocycles. The van der Waals surface area contributed by atoms with Crippen LogP contribution in [0, 0.1) is 6.92 Å². The number of aromatic amines is 2. The minimum absolute atomic E-state index is 0.0925. The molecule has 42 heavy (non-hydrogen) atoms. The lowest BCUT2D eigenvalue weighted by Gasteiger charge is -2.18. The second-order valence-electron chi connectivity index (χ2n) is 11.6. The van der Waals surface area contributed by atoms with Gasteiger partial charge in [-0.2, -0.15) is 0 Å². The molecule has 0 aliphatic carbocycles. The zero-order chi connectivity index (χ0) is 30.0. The first-order valence-corrected chi connectivity index (χ1v) is 14.4. The van der Waals surface area contributed by atoms with Crippen LogP contribution in [0.5, 0.6) is 0 Å². The zero-order valence-electron chi connectivity index (χ0n) is 24.4. The quantitative estimate of drug-likeness (QED) is 0.267. The second-order valence-corrected chi connectivity index (χ2v) is 11.6. The molecule has 0 saturated heterocycles. The van der Waals surface area contributed by atoms with Gasteiger partial charge >= 0.3 is 17.9 Å².